The van der Waals surface area contributed by atoms with Crippen molar-refractivity contribution in [2.45, 2.75) is 38.8 Å². The molecule has 1 aliphatic heterocycles. The first-order valence-electron chi connectivity index (χ1n) is 7.16. The Morgan fingerprint density at radius 3 is 2.64 bits per heavy atom. The van der Waals surface area contributed by atoms with Crippen LogP contribution in [0.1, 0.15) is 26.3 Å². The highest BCUT2D eigenvalue weighted by molar-refractivity contribution is 9.10. The van der Waals surface area contributed by atoms with Crippen LogP contribution in [0.2, 0.25) is 5.15 Å². The largest absolute Gasteiger partial charge is 0.490 e. The SMILES string of the molecule is CC(C)(C)c1ccc(OC[C@@H]2Cn3c(nc(Br)c3Cl)O2)cc1. The van der Waals surface area contributed by atoms with Gasteiger partial charge in [-0.2, -0.15) is 4.98 Å². The number of fused-ring (bicyclic) bond motifs is 1. The highest BCUT2D eigenvalue weighted by atomic mass is 79.9. The molecule has 0 radical (unpaired) electrons. The van der Waals surface area contributed by atoms with E-state index in [1.165, 1.54) is 5.56 Å². The number of halogens is 2. The summed E-state index contributed by atoms with van der Waals surface area (Å²) >= 11 is 9.41. The van der Waals surface area contributed by atoms with Crippen molar-refractivity contribution in [3.63, 3.8) is 0 Å². The molecule has 1 atom stereocenters. The molecule has 0 aliphatic carbocycles. The Bertz CT molecular complexity index is 677. The van der Waals surface area contributed by atoms with Gasteiger partial charge in [0.1, 0.15) is 22.1 Å². The first kappa shape index (κ1) is 15.7. The van der Waals surface area contributed by atoms with Crippen LogP contribution in [0.5, 0.6) is 11.8 Å². The Balaban J connectivity index is 1.58. The van der Waals surface area contributed by atoms with E-state index in [2.05, 4.69) is 53.8 Å². The molecule has 0 spiro atoms. The first-order chi connectivity index (χ1) is 10.3. The second kappa shape index (κ2) is 5.78. The molecule has 0 unspecified atom stereocenters. The van der Waals surface area contributed by atoms with Crippen LogP contribution in [0, 0.1) is 0 Å². The zero-order chi connectivity index (χ0) is 15.9. The van der Waals surface area contributed by atoms with Crippen molar-refractivity contribution in [1.29, 1.82) is 0 Å². The average Bonchev–Trinajstić information content (AvgIpc) is 2.96. The first-order valence-corrected chi connectivity index (χ1v) is 8.33. The van der Waals surface area contributed by atoms with Crippen molar-refractivity contribution in [1.82, 2.24) is 9.55 Å². The van der Waals surface area contributed by atoms with E-state index in [1.807, 2.05) is 16.7 Å². The predicted octanol–water partition coefficient (Wildman–Crippen LogP) is 4.44. The second-order valence-corrected chi connectivity index (χ2v) is 7.52. The number of imidazole rings is 1. The molecule has 2 aromatic rings. The summed E-state index contributed by atoms with van der Waals surface area (Å²) in [5, 5.41) is 0.562. The smallest absolute Gasteiger partial charge is 0.299 e. The molecule has 22 heavy (non-hydrogen) atoms. The molecule has 0 amide bonds. The summed E-state index contributed by atoms with van der Waals surface area (Å²) in [6.45, 7) is 7.69. The zero-order valence-electron chi connectivity index (χ0n) is 12.8. The topological polar surface area (TPSA) is 36.3 Å². The van der Waals surface area contributed by atoms with Crippen molar-refractivity contribution < 1.29 is 9.47 Å². The molecule has 1 aromatic heterocycles. The number of rotatable bonds is 3. The fourth-order valence-corrected chi connectivity index (χ4v) is 2.90. The molecule has 3 rings (SSSR count). The quantitative estimate of drug-likeness (QED) is 0.784. The number of hydrogen-bond donors (Lipinski definition) is 0. The molecule has 1 aromatic carbocycles. The van der Waals surface area contributed by atoms with E-state index in [1.54, 1.807) is 0 Å². The van der Waals surface area contributed by atoms with Gasteiger partial charge in [0.25, 0.3) is 6.01 Å². The fourth-order valence-electron chi connectivity index (χ4n) is 2.35. The minimum Gasteiger partial charge on any atom is -0.490 e. The monoisotopic (exact) mass is 384 g/mol. The second-order valence-electron chi connectivity index (χ2n) is 6.41. The van der Waals surface area contributed by atoms with Gasteiger partial charge in [0.05, 0.1) is 6.54 Å². The lowest BCUT2D eigenvalue weighted by molar-refractivity contribution is 0.143. The summed E-state index contributed by atoms with van der Waals surface area (Å²) in [6.07, 6.45) is -0.0737. The maximum atomic E-state index is 6.13. The molecule has 0 bridgehead atoms. The number of hydrogen-bond acceptors (Lipinski definition) is 3. The van der Waals surface area contributed by atoms with E-state index in [0.29, 0.717) is 28.9 Å². The number of benzene rings is 1. The molecule has 1 aliphatic rings. The molecule has 6 heteroatoms. The van der Waals surface area contributed by atoms with Gasteiger partial charge >= 0.3 is 0 Å². The summed E-state index contributed by atoms with van der Waals surface area (Å²) in [4.78, 5) is 4.20. The van der Waals surface area contributed by atoms with Crippen LogP contribution in [-0.2, 0) is 12.0 Å². The van der Waals surface area contributed by atoms with Crippen LogP contribution in [-0.4, -0.2) is 22.3 Å². The summed E-state index contributed by atoms with van der Waals surface area (Å²) in [6, 6.07) is 8.73. The van der Waals surface area contributed by atoms with Gasteiger partial charge in [0.2, 0.25) is 0 Å². The van der Waals surface area contributed by atoms with Gasteiger partial charge in [-0.25, -0.2) is 0 Å². The Kier molecular flexibility index (Phi) is 4.12. The van der Waals surface area contributed by atoms with E-state index in [-0.39, 0.29) is 11.5 Å². The zero-order valence-corrected chi connectivity index (χ0v) is 15.1. The summed E-state index contributed by atoms with van der Waals surface area (Å²) in [5.41, 5.74) is 1.43. The maximum Gasteiger partial charge on any atom is 0.299 e. The molecule has 0 N–H and O–H groups in total. The summed E-state index contributed by atoms with van der Waals surface area (Å²) in [5.74, 6) is 0.841. The molecule has 0 fully saturated rings. The molecule has 0 saturated carbocycles. The van der Waals surface area contributed by atoms with Gasteiger partial charge in [0.15, 0.2) is 6.10 Å². The highest BCUT2D eigenvalue weighted by Gasteiger charge is 2.28. The predicted molar refractivity (Wildman–Crippen MR) is 90.0 cm³/mol. The third-order valence-electron chi connectivity index (χ3n) is 3.65. The third kappa shape index (κ3) is 3.10. The van der Waals surface area contributed by atoms with Crippen LogP contribution in [0.3, 0.4) is 0 Å². The van der Waals surface area contributed by atoms with Crippen molar-refractivity contribution in [2.75, 3.05) is 6.61 Å². The summed E-state index contributed by atoms with van der Waals surface area (Å²) in [7, 11) is 0. The minimum atomic E-state index is -0.0737. The van der Waals surface area contributed by atoms with E-state index < -0.39 is 0 Å². The van der Waals surface area contributed by atoms with Gasteiger partial charge in [-0.1, -0.05) is 44.5 Å². The lowest BCUT2D eigenvalue weighted by Gasteiger charge is -2.19. The van der Waals surface area contributed by atoms with Crippen LogP contribution in [0.25, 0.3) is 0 Å². The molecule has 118 valence electrons. The van der Waals surface area contributed by atoms with Gasteiger partial charge in [-0.3, -0.25) is 4.57 Å². The fraction of sp³-hybridized carbons (Fsp3) is 0.438. The molecule has 2 heterocycles. The van der Waals surface area contributed by atoms with Crippen LogP contribution < -0.4 is 9.47 Å². The van der Waals surface area contributed by atoms with Gasteiger partial charge in [-0.05, 0) is 39.0 Å². The van der Waals surface area contributed by atoms with E-state index in [9.17, 15) is 0 Å². The van der Waals surface area contributed by atoms with Crippen molar-refractivity contribution in [2.24, 2.45) is 0 Å². The molecular weight excluding hydrogens is 368 g/mol. The van der Waals surface area contributed by atoms with E-state index in [0.717, 1.165) is 5.75 Å². The Labute approximate surface area is 143 Å². The lowest BCUT2D eigenvalue weighted by Crippen LogP contribution is -2.23. The van der Waals surface area contributed by atoms with Crippen LogP contribution >= 0.6 is 27.5 Å². The molecule has 0 saturated heterocycles. The number of ether oxygens (including phenoxy) is 2. The van der Waals surface area contributed by atoms with Crippen LogP contribution in [0.4, 0.5) is 0 Å². The lowest BCUT2D eigenvalue weighted by atomic mass is 9.87. The van der Waals surface area contributed by atoms with Gasteiger partial charge in [0, 0.05) is 0 Å². The van der Waals surface area contributed by atoms with E-state index >= 15 is 0 Å². The average molecular weight is 386 g/mol. The third-order valence-corrected chi connectivity index (χ3v) is 4.81. The maximum absolute atomic E-state index is 6.13. The minimum absolute atomic E-state index is 0.0737. The van der Waals surface area contributed by atoms with Gasteiger partial charge < -0.3 is 9.47 Å². The van der Waals surface area contributed by atoms with Gasteiger partial charge in [-0.15, -0.1) is 0 Å². The number of nitrogens with zero attached hydrogens (tertiary/aromatic N) is 2. The Morgan fingerprint density at radius 1 is 1.36 bits per heavy atom. The number of aromatic nitrogens is 2. The Morgan fingerprint density at radius 2 is 2.05 bits per heavy atom. The highest BCUT2D eigenvalue weighted by Crippen LogP contribution is 2.32. The van der Waals surface area contributed by atoms with Crippen molar-refractivity contribution >= 4 is 27.5 Å². The standard InChI is InChI=1S/C16H18BrClN2O2/c1-16(2,3)10-4-6-11(7-5-10)21-9-12-8-20-14(18)13(17)19-15(20)22-12/h4-7,12H,8-9H2,1-3H3/t12-/m0/s1. The van der Waals surface area contributed by atoms with Crippen molar-refractivity contribution in [3.05, 3.63) is 39.6 Å². The molecule has 4 nitrogen and oxygen atoms in total. The van der Waals surface area contributed by atoms with Crippen LogP contribution in [0.15, 0.2) is 28.9 Å². The normalized spacial score (nSPS) is 17.2. The molecular formula is C16H18BrClN2O2. The van der Waals surface area contributed by atoms with E-state index in [4.69, 9.17) is 21.1 Å². The Hall–Kier alpha value is -1.20. The summed E-state index contributed by atoms with van der Waals surface area (Å²) < 4.78 is 14.0. The van der Waals surface area contributed by atoms with Crippen molar-refractivity contribution in [3.8, 4) is 11.8 Å².